The first-order chi connectivity index (χ1) is 11.3. The molecule has 134 valence electrons. The Bertz CT molecular complexity index is 537. The molecule has 2 unspecified atom stereocenters. The van der Waals surface area contributed by atoms with E-state index in [1.54, 1.807) is 4.90 Å². The van der Waals surface area contributed by atoms with Gasteiger partial charge in [0.25, 0.3) is 0 Å². The highest BCUT2D eigenvalue weighted by Crippen LogP contribution is 2.20. The van der Waals surface area contributed by atoms with Crippen molar-refractivity contribution in [3.63, 3.8) is 0 Å². The van der Waals surface area contributed by atoms with Crippen LogP contribution in [0, 0.1) is 5.92 Å². The van der Waals surface area contributed by atoms with Gasteiger partial charge in [0.15, 0.2) is 0 Å². The van der Waals surface area contributed by atoms with E-state index in [4.69, 9.17) is 4.74 Å². The molecule has 1 heterocycles. The third-order valence-corrected chi connectivity index (χ3v) is 4.13. The summed E-state index contributed by atoms with van der Waals surface area (Å²) in [4.78, 5) is 16.5. The topological polar surface area (TPSA) is 44.8 Å². The summed E-state index contributed by atoms with van der Waals surface area (Å²) in [5, 5.41) is 3.06. The van der Waals surface area contributed by atoms with E-state index < -0.39 is 0 Å². The van der Waals surface area contributed by atoms with Crippen LogP contribution in [0.5, 0.6) is 0 Å². The van der Waals surface area contributed by atoms with Crippen molar-refractivity contribution in [2.45, 2.75) is 46.4 Å². The molecule has 0 bridgehead atoms. The number of carbonyl (C=O) groups excluding carboxylic acids is 1. The third-order valence-electron chi connectivity index (χ3n) is 4.13. The monoisotopic (exact) mass is 333 g/mol. The molecule has 1 fully saturated rings. The number of hydrogen-bond acceptors (Lipinski definition) is 3. The molecule has 24 heavy (non-hydrogen) atoms. The maximum atomic E-state index is 12.4. The Morgan fingerprint density at radius 2 is 1.92 bits per heavy atom. The molecule has 1 saturated heterocycles. The Morgan fingerprint density at radius 3 is 2.54 bits per heavy atom. The van der Waals surface area contributed by atoms with Crippen LogP contribution >= 0.6 is 0 Å². The highest BCUT2D eigenvalue weighted by Gasteiger charge is 2.23. The summed E-state index contributed by atoms with van der Waals surface area (Å²) in [7, 11) is 1.84. The second kappa shape index (κ2) is 8.49. The number of carbonyl (C=O) groups is 1. The smallest absolute Gasteiger partial charge is 0.321 e. The third kappa shape index (κ3) is 5.49. The van der Waals surface area contributed by atoms with Gasteiger partial charge >= 0.3 is 6.03 Å². The minimum absolute atomic E-state index is 0.0557. The summed E-state index contributed by atoms with van der Waals surface area (Å²) in [5.74, 6) is 0.451. The molecule has 2 rings (SSSR count). The molecule has 1 aliphatic heterocycles. The number of nitrogens with zero attached hydrogens (tertiary/aromatic N) is 2. The van der Waals surface area contributed by atoms with Gasteiger partial charge in [-0.05, 0) is 31.4 Å². The number of nitrogens with one attached hydrogen (secondary N) is 1. The minimum atomic E-state index is -0.0557. The molecule has 5 nitrogen and oxygen atoms in total. The van der Waals surface area contributed by atoms with E-state index in [1.165, 1.54) is 0 Å². The molecule has 1 N–H and O–H groups in total. The molecule has 1 aliphatic rings. The summed E-state index contributed by atoms with van der Waals surface area (Å²) >= 11 is 0. The number of rotatable bonds is 5. The van der Waals surface area contributed by atoms with Crippen molar-refractivity contribution in [3.05, 3.63) is 29.8 Å². The van der Waals surface area contributed by atoms with Crippen LogP contribution in [0.2, 0.25) is 0 Å². The largest absolute Gasteiger partial charge is 0.373 e. The fourth-order valence-corrected chi connectivity index (χ4v) is 3.28. The molecule has 1 aromatic carbocycles. The molecular formula is C19H31N3O2. The predicted molar refractivity (Wildman–Crippen MR) is 98.2 cm³/mol. The lowest BCUT2D eigenvalue weighted by Gasteiger charge is -2.35. The van der Waals surface area contributed by atoms with Crippen molar-refractivity contribution in [1.82, 2.24) is 9.80 Å². The van der Waals surface area contributed by atoms with Crippen molar-refractivity contribution < 1.29 is 9.53 Å². The van der Waals surface area contributed by atoms with Gasteiger partial charge in [0.05, 0.1) is 12.2 Å². The summed E-state index contributed by atoms with van der Waals surface area (Å²) < 4.78 is 5.80. The molecule has 5 heteroatoms. The van der Waals surface area contributed by atoms with Crippen LogP contribution in [0.3, 0.4) is 0 Å². The molecule has 0 spiro atoms. The van der Waals surface area contributed by atoms with Crippen LogP contribution < -0.4 is 5.32 Å². The van der Waals surface area contributed by atoms with Crippen LogP contribution in [-0.4, -0.2) is 54.7 Å². The maximum Gasteiger partial charge on any atom is 0.321 e. The molecule has 2 amide bonds. The lowest BCUT2D eigenvalue weighted by atomic mass is 10.1. The van der Waals surface area contributed by atoms with Gasteiger partial charge in [0.2, 0.25) is 0 Å². The van der Waals surface area contributed by atoms with Crippen LogP contribution in [0.1, 0.15) is 33.3 Å². The van der Waals surface area contributed by atoms with Crippen molar-refractivity contribution in [3.8, 4) is 0 Å². The van der Waals surface area contributed by atoms with Gasteiger partial charge < -0.3 is 15.0 Å². The van der Waals surface area contributed by atoms with Crippen LogP contribution in [0.25, 0.3) is 0 Å². The van der Waals surface area contributed by atoms with Crippen molar-refractivity contribution >= 4 is 11.7 Å². The first-order valence-corrected chi connectivity index (χ1v) is 8.83. The van der Waals surface area contributed by atoms with Gasteiger partial charge in [-0.1, -0.05) is 32.0 Å². The number of benzene rings is 1. The van der Waals surface area contributed by atoms with E-state index in [0.717, 1.165) is 37.4 Å². The molecular weight excluding hydrogens is 302 g/mol. The summed E-state index contributed by atoms with van der Waals surface area (Å²) in [6.45, 7) is 11.8. The van der Waals surface area contributed by atoms with Gasteiger partial charge in [0.1, 0.15) is 0 Å². The van der Waals surface area contributed by atoms with Gasteiger partial charge in [-0.2, -0.15) is 0 Å². The molecule has 0 aliphatic carbocycles. The number of morpholine rings is 1. The van der Waals surface area contributed by atoms with Crippen molar-refractivity contribution in [2.75, 3.05) is 32.0 Å². The molecule has 1 aromatic rings. The summed E-state index contributed by atoms with van der Waals surface area (Å²) in [6.07, 6.45) is 0.486. The van der Waals surface area contributed by atoms with Gasteiger partial charge in [-0.25, -0.2) is 4.79 Å². The zero-order chi connectivity index (χ0) is 17.7. The van der Waals surface area contributed by atoms with E-state index >= 15 is 0 Å². The van der Waals surface area contributed by atoms with Crippen LogP contribution in [-0.2, 0) is 11.3 Å². The lowest BCUT2D eigenvalue weighted by molar-refractivity contribution is -0.0704. The lowest BCUT2D eigenvalue weighted by Crippen LogP contribution is -2.45. The first-order valence-electron chi connectivity index (χ1n) is 8.83. The highest BCUT2D eigenvalue weighted by atomic mass is 16.5. The molecule has 2 atom stereocenters. The normalized spacial score (nSPS) is 21.8. The fourth-order valence-electron chi connectivity index (χ4n) is 3.28. The zero-order valence-corrected chi connectivity index (χ0v) is 15.6. The summed E-state index contributed by atoms with van der Waals surface area (Å²) in [6, 6.07) is 7.99. The molecule has 0 saturated carbocycles. The number of para-hydroxylation sites is 1. The van der Waals surface area contributed by atoms with Crippen molar-refractivity contribution in [1.29, 1.82) is 0 Å². The predicted octanol–water partition coefficient (Wildman–Crippen LogP) is 3.42. The van der Waals surface area contributed by atoms with Crippen LogP contribution in [0.4, 0.5) is 10.5 Å². The molecule has 0 aromatic heterocycles. The average Bonchev–Trinajstić information content (AvgIpc) is 2.47. The van der Waals surface area contributed by atoms with E-state index in [9.17, 15) is 4.79 Å². The van der Waals surface area contributed by atoms with Crippen LogP contribution in [0.15, 0.2) is 24.3 Å². The number of ether oxygens (including phenoxy) is 1. The second-order valence-corrected chi connectivity index (χ2v) is 7.31. The fraction of sp³-hybridized carbons (Fsp3) is 0.632. The van der Waals surface area contributed by atoms with E-state index in [2.05, 4.69) is 44.0 Å². The average molecular weight is 333 g/mol. The van der Waals surface area contributed by atoms with E-state index in [-0.39, 0.29) is 18.2 Å². The van der Waals surface area contributed by atoms with Gasteiger partial charge in [-0.15, -0.1) is 0 Å². The first kappa shape index (κ1) is 18.7. The Hall–Kier alpha value is -1.59. The Balaban J connectivity index is 2.03. The number of amides is 2. The van der Waals surface area contributed by atoms with E-state index in [0.29, 0.717) is 5.92 Å². The molecule has 0 radical (unpaired) electrons. The highest BCUT2D eigenvalue weighted by molar-refractivity contribution is 5.90. The van der Waals surface area contributed by atoms with Gasteiger partial charge in [-0.3, -0.25) is 4.90 Å². The van der Waals surface area contributed by atoms with Gasteiger partial charge in [0, 0.05) is 38.9 Å². The number of anilines is 1. The number of hydrogen-bond donors (Lipinski definition) is 1. The minimum Gasteiger partial charge on any atom is -0.373 e. The van der Waals surface area contributed by atoms with E-state index in [1.807, 2.05) is 25.2 Å². The maximum absolute atomic E-state index is 12.4. The Morgan fingerprint density at radius 1 is 1.29 bits per heavy atom. The Kier molecular flexibility index (Phi) is 6.63. The summed E-state index contributed by atoms with van der Waals surface area (Å²) in [5.41, 5.74) is 2.04. The Labute approximate surface area is 146 Å². The SMILES string of the molecule is CC(C)CN(C)C(=O)Nc1ccccc1CN1CC(C)OC(C)C1. The standard InChI is InChI=1S/C19H31N3O2/c1-14(2)10-21(5)19(23)20-18-9-7-6-8-17(18)13-22-11-15(3)24-16(4)12-22/h6-9,14-16H,10-13H2,1-5H3,(H,20,23). The zero-order valence-electron chi connectivity index (χ0n) is 15.6. The number of urea groups is 1. The quantitative estimate of drug-likeness (QED) is 0.898. The van der Waals surface area contributed by atoms with Crippen molar-refractivity contribution in [2.24, 2.45) is 5.92 Å². The second-order valence-electron chi connectivity index (χ2n) is 7.31.